The van der Waals surface area contributed by atoms with E-state index in [9.17, 15) is 15.0 Å². The monoisotopic (exact) mass is 264 g/mol. The van der Waals surface area contributed by atoms with E-state index in [1.54, 1.807) is 6.92 Å². The maximum atomic E-state index is 11.4. The summed E-state index contributed by atoms with van der Waals surface area (Å²) in [6.45, 7) is 7.52. The molecule has 0 aliphatic carbocycles. The van der Waals surface area contributed by atoms with Gasteiger partial charge in [0.2, 0.25) is 0 Å². The van der Waals surface area contributed by atoms with Crippen LogP contribution < -0.4 is 0 Å². The van der Waals surface area contributed by atoms with Crippen LogP contribution in [0.25, 0.3) is 0 Å². The first-order chi connectivity index (χ1) is 8.72. The molecular weight excluding hydrogens is 240 g/mol. The molecule has 0 amide bonds. The molecule has 0 aromatic heterocycles. The summed E-state index contributed by atoms with van der Waals surface area (Å²) in [4.78, 5) is 11.4. The molecule has 0 heterocycles. The van der Waals surface area contributed by atoms with Gasteiger partial charge in [-0.2, -0.15) is 0 Å². The molecule has 1 rings (SSSR count). The van der Waals surface area contributed by atoms with Gasteiger partial charge in [-0.3, -0.25) is 4.79 Å². The lowest BCUT2D eigenvalue weighted by atomic mass is 9.81. The molecule has 0 spiro atoms. The van der Waals surface area contributed by atoms with Crippen LogP contribution in [0, 0.1) is 18.8 Å². The minimum Gasteiger partial charge on any atom is -0.481 e. The van der Waals surface area contributed by atoms with Crippen molar-refractivity contribution < 1.29 is 15.0 Å². The van der Waals surface area contributed by atoms with E-state index in [2.05, 4.69) is 0 Å². The van der Waals surface area contributed by atoms with Crippen molar-refractivity contribution in [3.8, 4) is 0 Å². The molecule has 2 N–H and O–H groups in total. The van der Waals surface area contributed by atoms with Crippen LogP contribution in [0.2, 0.25) is 0 Å². The Balaban J connectivity index is 2.82. The minimum absolute atomic E-state index is 0.0341. The molecule has 1 aromatic carbocycles. The third kappa shape index (κ3) is 4.67. The Morgan fingerprint density at radius 1 is 1.37 bits per heavy atom. The predicted molar refractivity (Wildman–Crippen MR) is 76.1 cm³/mol. The van der Waals surface area contributed by atoms with E-state index in [1.807, 2.05) is 45.0 Å². The quantitative estimate of drug-likeness (QED) is 0.830. The van der Waals surface area contributed by atoms with E-state index in [4.69, 9.17) is 0 Å². The molecule has 3 heteroatoms. The Bertz CT molecular complexity index is 435. The lowest BCUT2D eigenvalue weighted by Gasteiger charge is -2.30. The Hall–Kier alpha value is -1.35. The van der Waals surface area contributed by atoms with Crippen molar-refractivity contribution in [1.29, 1.82) is 0 Å². The summed E-state index contributed by atoms with van der Waals surface area (Å²) in [7, 11) is 0. The number of aryl methyl sites for hydroxylation is 1. The molecule has 19 heavy (non-hydrogen) atoms. The topological polar surface area (TPSA) is 57.5 Å². The molecule has 0 fully saturated rings. The molecule has 106 valence electrons. The van der Waals surface area contributed by atoms with E-state index in [0.717, 1.165) is 11.1 Å². The first kappa shape index (κ1) is 15.7. The Labute approximate surface area is 115 Å². The van der Waals surface area contributed by atoms with Gasteiger partial charge in [0, 0.05) is 0 Å². The Morgan fingerprint density at radius 2 is 2.00 bits per heavy atom. The molecule has 3 nitrogen and oxygen atoms in total. The van der Waals surface area contributed by atoms with E-state index in [0.29, 0.717) is 6.42 Å². The van der Waals surface area contributed by atoms with Crippen LogP contribution in [0.4, 0.5) is 0 Å². The maximum absolute atomic E-state index is 11.4. The molecule has 0 aliphatic heterocycles. The summed E-state index contributed by atoms with van der Waals surface area (Å²) < 4.78 is 0. The summed E-state index contributed by atoms with van der Waals surface area (Å²) in [6.07, 6.45) is 0.730. The second-order valence-electron chi connectivity index (χ2n) is 5.94. The summed E-state index contributed by atoms with van der Waals surface area (Å²) in [5.74, 6) is -1.37. The van der Waals surface area contributed by atoms with E-state index < -0.39 is 17.5 Å². The van der Waals surface area contributed by atoms with Crippen LogP contribution in [0.3, 0.4) is 0 Å². The van der Waals surface area contributed by atoms with Crippen molar-refractivity contribution in [2.75, 3.05) is 0 Å². The van der Waals surface area contributed by atoms with Crippen molar-refractivity contribution in [3.63, 3.8) is 0 Å². The van der Waals surface area contributed by atoms with Gasteiger partial charge in [0.05, 0.1) is 11.5 Å². The molecule has 2 unspecified atom stereocenters. The average molecular weight is 264 g/mol. The zero-order valence-electron chi connectivity index (χ0n) is 12.2. The van der Waals surface area contributed by atoms with E-state index in [-0.39, 0.29) is 12.3 Å². The fourth-order valence-electron chi connectivity index (χ4n) is 2.10. The molecule has 0 radical (unpaired) electrons. The molecule has 1 aromatic rings. The number of rotatable bonds is 6. The average Bonchev–Trinajstić information content (AvgIpc) is 2.27. The van der Waals surface area contributed by atoms with Crippen LogP contribution in [0.5, 0.6) is 0 Å². The molecule has 0 saturated heterocycles. The van der Waals surface area contributed by atoms with E-state index >= 15 is 0 Å². The molecular formula is C16H24O3. The molecule has 0 bridgehead atoms. The van der Waals surface area contributed by atoms with Gasteiger partial charge in [0.1, 0.15) is 0 Å². The first-order valence-corrected chi connectivity index (χ1v) is 6.73. The smallest absolute Gasteiger partial charge is 0.306 e. The highest BCUT2D eigenvalue weighted by atomic mass is 16.4. The zero-order chi connectivity index (χ0) is 14.6. The summed E-state index contributed by atoms with van der Waals surface area (Å²) in [5.41, 5.74) is 1.18. The number of aliphatic carboxylic acids is 1. The van der Waals surface area contributed by atoms with Crippen LogP contribution in [-0.2, 0) is 11.2 Å². The van der Waals surface area contributed by atoms with Gasteiger partial charge in [-0.15, -0.1) is 0 Å². The number of benzene rings is 1. The number of carboxylic acids is 1. The van der Waals surface area contributed by atoms with Crippen LogP contribution >= 0.6 is 0 Å². The zero-order valence-corrected chi connectivity index (χ0v) is 12.2. The van der Waals surface area contributed by atoms with Crippen molar-refractivity contribution in [3.05, 3.63) is 35.4 Å². The van der Waals surface area contributed by atoms with Gasteiger partial charge in [-0.1, -0.05) is 43.7 Å². The van der Waals surface area contributed by atoms with Crippen LogP contribution in [0.1, 0.15) is 38.3 Å². The van der Waals surface area contributed by atoms with Crippen molar-refractivity contribution in [1.82, 2.24) is 0 Å². The fraction of sp³-hybridized carbons (Fsp3) is 0.562. The van der Waals surface area contributed by atoms with Gasteiger partial charge in [0.15, 0.2) is 0 Å². The highest BCUT2D eigenvalue weighted by Crippen LogP contribution is 2.27. The lowest BCUT2D eigenvalue weighted by Crippen LogP contribution is -2.36. The largest absolute Gasteiger partial charge is 0.481 e. The standard InChI is InChI=1S/C16H24O3/c1-11(2)16(4,19)10-14(15(17)18)9-13-7-5-6-12(3)8-13/h5-8,11,14,19H,9-10H2,1-4H3,(H,17,18). The van der Waals surface area contributed by atoms with Gasteiger partial charge >= 0.3 is 5.97 Å². The van der Waals surface area contributed by atoms with Crippen molar-refractivity contribution in [2.45, 2.75) is 46.1 Å². The summed E-state index contributed by atoms with van der Waals surface area (Å²) >= 11 is 0. The highest BCUT2D eigenvalue weighted by molar-refractivity contribution is 5.70. The highest BCUT2D eigenvalue weighted by Gasteiger charge is 2.32. The lowest BCUT2D eigenvalue weighted by molar-refractivity contribution is -0.144. The number of hydrogen-bond acceptors (Lipinski definition) is 2. The van der Waals surface area contributed by atoms with Gasteiger partial charge in [0.25, 0.3) is 0 Å². The Morgan fingerprint density at radius 3 is 2.47 bits per heavy atom. The van der Waals surface area contributed by atoms with Crippen LogP contribution in [-0.4, -0.2) is 21.8 Å². The van der Waals surface area contributed by atoms with Crippen LogP contribution in [0.15, 0.2) is 24.3 Å². The summed E-state index contributed by atoms with van der Waals surface area (Å²) in [5, 5.41) is 19.6. The predicted octanol–water partition coefficient (Wildman–Crippen LogP) is 3.04. The second-order valence-corrected chi connectivity index (χ2v) is 5.94. The first-order valence-electron chi connectivity index (χ1n) is 6.73. The van der Waals surface area contributed by atoms with Crippen molar-refractivity contribution >= 4 is 5.97 Å². The minimum atomic E-state index is -0.952. The molecule has 2 atom stereocenters. The van der Waals surface area contributed by atoms with Gasteiger partial charge in [-0.25, -0.2) is 0 Å². The van der Waals surface area contributed by atoms with Gasteiger partial charge < -0.3 is 10.2 Å². The van der Waals surface area contributed by atoms with Gasteiger partial charge in [-0.05, 0) is 38.2 Å². The third-order valence-corrected chi connectivity index (χ3v) is 3.82. The number of aliphatic hydroxyl groups is 1. The number of carboxylic acid groups (broad SMARTS) is 1. The maximum Gasteiger partial charge on any atom is 0.306 e. The SMILES string of the molecule is Cc1cccc(CC(CC(C)(O)C(C)C)C(=O)O)c1. The van der Waals surface area contributed by atoms with E-state index in [1.165, 1.54) is 0 Å². The number of carbonyl (C=O) groups is 1. The third-order valence-electron chi connectivity index (χ3n) is 3.82. The summed E-state index contributed by atoms with van der Waals surface area (Å²) in [6, 6.07) is 7.86. The number of hydrogen-bond donors (Lipinski definition) is 2. The molecule has 0 saturated carbocycles. The molecule has 0 aliphatic rings. The van der Waals surface area contributed by atoms with Crippen molar-refractivity contribution in [2.24, 2.45) is 11.8 Å². The second kappa shape index (κ2) is 6.20. The Kier molecular flexibility index (Phi) is 5.12. The fourth-order valence-corrected chi connectivity index (χ4v) is 2.10. The normalized spacial score (nSPS) is 16.1.